The summed E-state index contributed by atoms with van der Waals surface area (Å²) in [5, 5.41) is 10.3. The molecule has 0 aliphatic heterocycles. The van der Waals surface area contributed by atoms with E-state index in [1.54, 1.807) is 18.2 Å². The summed E-state index contributed by atoms with van der Waals surface area (Å²) in [4.78, 5) is 11.5. The Kier molecular flexibility index (Phi) is 6.52. The number of ether oxygens (including phenoxy) is 2. The van der Waals surface area contributed by atoms with Gasteiger partial charge >= 0.3 is 5.97 Å². The third kappa shape index (κ3) is 4.95. The van der Waals surface area contributed by atoms with E-state index in [9.17, 15) is 9.90 Å². The molecule has 5 nitrogen and oxygen atoms in total. The molecule has 0 spiro atoms. The monoisotopic (exact) mass is 391 g/mol. The molecule has 0 radical (unpaired) electrons. The Balaban J connectivity index is 1.71. The molecular weight excluding hydrogens is 366 g/mol. The number of aromatic hydroxyl groups is 1. The number of benzene rings is 3. The molecular formula is C24H25NO4. The molecule has 29 heavy (non-hydrogen) atoms. The van der Waals surface area contributed by atoms with Crippen molar-refractivity contribution in [2.75, 3.05) is 7.11 Å². The fraction of sp³-hybridized carbons (Fsp3) is 0.208. The molecule has 3 rings (SSSR count). The predicted octanol–water partition coefficient (Wildman–Crippen LogP) is 3.99. The fourth-order valence-electron chi connectivity index (χ4n) is 3.23. The van der Waals surface area contributed by atoms with Crippen LogP contribution in [0.25, 0.3) is 11.1 Å². The number of rotatable bonds is 7. The summed E-state index contributed by atoms with van der Waals surface area (Å²) in [6.45, 7) is 2.40. The quantitative estimate of drug-likeness (QED) is 0.595. The SMILES string of the molecule is COC(=O)[C@@H](N)Cc1ccc(OCc2cccc(-c3ccccc3)c2C)c(O)c1. The van der Waals surface area contributed by atoms with Crippen LogP contribution in [0, 0.1) is 6.92 Å². The largest absolute Gasteiger partial charge is 0.504 e. The van der Waals surface area contributed by atoms with Crippen LogP contribution in [0.4, 0.5) is 0 Å². The molecule has 0 unspecified atom stereocenters. The van der Waals surface area contributed by atoms with Crippen molar-refractivity contribution in [3.8, 4) is 22.6 Å². The molecule has 0 aromatic heterocycles. The Morgan fingerprint density at radius 3 is 2.52 bits per heavy atom. The van der Waals surface area contributed by atoms with Crippen molar-refractivity contribution in [2.45, 2.75) is 26.0 Å². The van der Waals surface area contributed by atoms with Gasteiger partial charge in [0.1, 0.15) is 12.6 Å². The first-order valence-electron chi connectivity index (χ1n) is 9.41. The molecule has 0 amide bonds. The highest BCUT2D eigenvalue weighted by molar-refractivity contribution is 5.75. The Morgan fingerprint density at radius 1 is 1.07 bits per heavy atom. The molecule has 5 heteroatoms. The van der Waals surface area contributed by atoms with E-state index in [2.05, 4.69) is 29.9 Å². The highest BCUT2D eigenvalue weighted by Gasteiger charge is 2.15. The number of phenolic OH excluding ortho intramolecular Hbond substituents is 1. The minimum Gasteiger partial charge on any atom is -0.504 e. The lowest BCUT2D eigenvalue weighted by molar-refractivity contribution is -0.142. The molecule has 3 aromatic carbocycles. The van der Waals surface area contributed by atoms with Crippen LogP contribution in [0.3, 0.4) is 0 Å². The molecule has 150 valence electrons. The maximum absolute atomic E-state index is 11.5. The Hall–Kier alpha value is -3.31. The van der Waals surface area contributed by atoms with Gasteiger partial charge in [0.2, 0.25) is 0 Å². The zero-order chi connectivity index (χ0) is 20.8. The molecule has 0 heterocycles. The highest BCUT2D eigenvalue weighted by atomic mass is 16.5. The lowest BCUT2D eigenvalue weighted by Gasteiger charge is -2.14. The number of esters is 1. The van der Waals surface area contributed by atoms with Crippen molar-refractivity contribution in [1.29, 1.82) is 0 Å². The van der Waals surface area contributed by atoms with Gasteiger partial charge in [-0.25, -0.2) is 0 Å². The summed E-state index contributed by atoms with van der Waals surface area (Å²) in [7, 11) is 1.30. The van der Waals surface area contributed by atoms with Gasteiger partial charge in [0, 0.05) is 0 Å². The van der Waals surface area contributed by atoms with Crippen LogP contribution in [0.2, 0.25) is 0 Å². The van der Waals surface area contributed by atoms with E-state index in [4.69, 9.17) is 10.5 Å². The topological polar surface area (TPSA) is 81.8 Å². The third-order valence-electron chi connectivity index (χ3n) is 4.90. The van der Waals surface area contributed by atoms with Gasteiger partial charge in [-0.3, -0.25) is 4.79 Å². The summed E-state index contributed by atoms with van der Waals surface area (Å²) < 4.78 is 10.5. The first kappa shape index (κ1) is 20.4. The first-order chi connectivity index (χ1) is 14.0. The zero-order valence-corrected chi connectivity index (χ0v) is 16.6. The van der Waals surface area contributed by atoms with Gasteiger partial charge in [-0.15, -0.1) is 0 Å². The standard InChI is InChI=1S/C24H25NO4/c1-16-19(9-6-10-20(16)18-7-4-3-5-8-18)15-29-23-12-11-17(14-22(23)26)13-21(25)24(27)28-2/h3-12,14,21,26H,13,15,25H2,1-2H3/t21-/m0/s1. The number of phenols is 1. The minimum atomic E-state index is -0.769. The summed E-state index contributed by atoms with van der Waals surface area (Å²) in [5.41, 5.74) is 11.0. The number of carbonyl (C=O) groups is 1. The second kappa shape index (κ2) is 9.26. The molecule has 0 saturated carbocycles. The smallest absolute Gasteiger partial charge is 0.322 e. The van der Waals surface area contributed by atoms with Crippen LogP contribution in [0.5, 0.6) is 11.5 Å². The van der Waals surface area contributed by atoms with Gasteiger partial charge in [0.15, 0.2) is 11.5 Å². The van der Waals surface area contributed by atoms with Crippen LogP contribution in [-0.2, 0) is 22.6 Å². The van der Waals surface area contributed by atoms with Gasteiger partial charge in [-0.05, 0) is 53.3 Å². The lowest BCUT2D eigenvalue weighted by atomic mass is 9.97. The van der Waals surface area contributed by atoms with E-state index in [1.807, 2.05) is 30.3 Å². The third-order valence-corrected chi connectivity index (χ3v) is 4.90. The maximum Gasteiger partial charge on any atom is 0.322 e. The Morgan fingerprint density at radius 2 is 1.83 bits per heavy atom. The van der Waals surface area contributed by atoms with Crippen molar-refractivity contribution in [1.82, 2.24) is 0 Å². The fourth-order valence-corrected chi connectivity index (χ4v) is 3.23. The van der Waals surface area contributed by atoms with Crippen molar-refractivity contribution in [3.05, 3.63) is 83.4 Å². The zero-order valence-electron chi connectivity index (χ0n) is 16.6. The van der Waals surface area contributed by atoms with E-state index < -0.39 is 12.0 Å². The molecule has 3 aromatic rings. The number of nitrogens with two attached hydrogens (primary N) is 1. The molecule has 0 bridgehead atoms. The van der Waals surface area contributed by atoms with Gasteiger partial charge in [0.25, 0.3) is 0 Å². The Labute approximate surface area is 170 Å². The number of carbonyl (C=O) groups excluding carboxylic acids is 1. The number of hydrogen-bond donors (Lipinski definition) is 2. The minimum absolute atomic E-state index is 0.0106. The van der Waals surface area contributed by atoms with Crippen LogP contribution >= 0.6 is 0 Å². The van der Waals surface area contributed by atoms with E-state index in [-0.39, 0.29) is 12.2 Å². The van der Waals surface area contributed by atoms with E-state index in [1.165, 1.54) is 7.11 Å². The maximum atomic E-state index is 11.5. The highest BCUT2D eigenvalue weighted by Crippen LogP contribution is 2.30. The lowest BCUT2D eigenvalue weighted by Crippen LogP contribution is -2.33. The number of hydrogen-bond acceptors (Lipinski definition) is 5. The molecule has 0 aliphatic carbocycles. The van der Waals surface area contributed by atoms with Gasteiger partial charge < -0.3 is 20.3 Å². The summed E-state index contributed by atoms with van der Waals surface area (Å²) in [6, 6.07) is 20.6. The summed E-state index contributed by atoms with van der Waals surface area (Å²) in [6.07, 6.45) is 0.277. The first-order valence-corrected chi connectivity index (χ1v) is 9.41. The van der Waals surface area contributed by atoms with Gasteiger partial charge in [-0.2, -0.15) is 0 Å². The molecule has 0 fully saturated rings. The second-order valence-electron chi connectivity index (χ2n) is 6.88. The van der Waals surface area contributed by atoms with Crippen LogP contribution in [0.15, 0.2) is 66.7 Å². The molecule has 0 saturated heterocycles. The van der Waals surface area contributed by atoms with Gasteiger partial charge in [-0.1, -0.05) is 54.6 Å². The van der Waals surface area contributed by atoms with Crippen molar-refractivity contribution in [3.63, 3.8) is 0 Å². The van der Waals surface area contributed by atoms with Crippen LogP contribution in [-0.4, -0.2) is 24.2 Å². The normalized spacial score (nSPS) is 11.7. The average molecular weight is 391 g/mol. The summed E-state index contributed by atoms with van der Waals surface area (Å²) in [5.74, 6) is -0.0973. The van der Waals surface area contributed by atoms with Crippen molar-refractivity contribution >= 4 is 5.97 Å². The van der Waals surface area contributed by atoms with E-state index in [0.29, 0.717) is 12.4 Å². The molecule has 1 atom stereocenters. The number of methoxy groups -OCH3 is 1. The van der Waals surface area contributed by atoms with Crippen LogP contribution in [0.1, 0.15) is 16.7 Å². The van der Waals surface area contributed by atoms with Crippen molar-refractivity contribution in [2.24, 2.45) is 5.73 Å². The molecule has 3 N–H and O–H groups in total. The predicted molar refractivity (Wildman–Crippen MR) is 113 cm³/mol. The van der Waals surface area contributed by atoms with E-state index in [0.717, 1.165) is 27.8 Å². The van der Waals surface area contributed by atoms with Gasteiger partial charge in [0.05, 0.1) is 7.11 Å². The Bertz CT molecular complexity index is 985. The van der Waals surface area contributed by atoms with Crippen LogP contribution < -0.4 is 10.5 Å². The average Bonchev–Trinajstić information content (AvgIpc) is 2.74. The summed E-state index contributed by atoms with van der Waals surface area (Å²) >= 11 is 0. The van der Waals surface area contributed by atoms with Crippen molar-refractivity contribution < 1.29 is 19.4 Å². The van der Waals surface area contributed by atoms with E-state index >= 15 is 0 Å². The molecule has 0 aliphatic rings. The second-order valence-corrected chi connectivity index (χ2v) is 6.88.